The topological polar surface area (TPSA) is 19.6 Å². The third kappa shape index (κ3) is 7.35. The third-order valence-electron chi connectivity index (χ3n) is 15.6. The molecule has 15 rings (SSSR count). The Kier molecular flexibility index (Phi) is 10.5. The van der Waals surface area contributed by atoms with Gasteiger partial charge in [-0.25, -0.2) is 0 Å². The second-order valence-corrected chi connectivity index (χ2v) is 19.9. The number of hydrogen-bond acceptors (Lipinski definition) is 3. The first-order chi connectivity index (χ1) is 38.2. The van der Waals surface area contributed by atoms with Crippen LogP contribution in [0, 0.1) is 0 Å². The van der Waals surface area contributed by atoms with Crippen LogP contribution in [0.4, 0.5) is 34.1 Å². The van der Waals surface area contributed by atoms with E-state index in [1.165, 1.54) is 60.3 Å². The van der Waals surface area contributed by atoms with Gasteiger partial charge in [0.2, 0.25) is 0 Å². The fraction of sp³-hybridized carbons (Fsp3) is 0. The fourth-order valence-corrected chi connectivity index (χ4v) is 12.1. The summed E-state index contributed by atoms with van der Waals surface area (Å²) in [4.78, 5) is 4.87. The molecule has 1 aromatic heterocycles. The highest BCUT2D eigenvalue weighted by Gasteiger charge is 2.27. The van der Waals surface area contributed by atoms with Crippen molar-refractivity contribution in [2.75, 3.05) is 9.80 Å². The average Bonchev–Trinajstić information content (AvgIpc) is 3.93. The maximum Gasteiger partial charge on any atom is 0.160 e. The number of nitrogens with zero attached hydrogens (tertiary/aromatic N) is 2. The minimum atomic E-state index is 0.855. The van der Waals surface area contributed by atoms with E-state index < -0.39 is 0 Å². The zero-order valence-electron chi connectivity index (χ0n) is 42.0. The van der Waals surface area contributed by atoms with E-state index in [0.29, 0.717) is 0 Å². The van der Waals surface area contributed by atoms with E-state index in [2.05, 4.69) is 301 Å². The van der Waals surface area contributed by atoms with E-state index in [4.69, 9.17) is 4.42 Å². The summed E-state index contributed by atoms with van der Waals surface area (Å²) in [6, 6.07) is 106. The molecule has 3 nitrogen and oxygen atoms in total. The van der Waals surface area contributed by atoms with Gasteiger partial charge in [-0.1, -0.05) is 237 Å². The molecule has 0 aliphatic carbocycles. The first-order valence-corrected chi connectivity index (χ1v) is 26.4. The van der Waals surface area contributed by atoms with E-state index >= 15 is 0 Å². The summed E-state index contributed by atoms with van der Waals surface area (Å²) in [5.74, 6) is 0. The largest absolute Gasteiger partial charge is 0.454 e. The normalized spacial score (nSPS) is 11.6. The summed E-state index contributed by atoms with van der Waals surface area (Å²) >= 11 is 0. The average molecular weight is 981 g/mol. The summed E-state index contributed by atoms with van der Waals surface area (Å²) in [7, 11) is 0. The molecule has 0 saturated heterocycles. The number of rotatable bonds is 9. The second kappa shape index (κ2) is 18.3. The summed E-state index contributed by atoms with van der Waals surface area (Å²) in [6.45, 7) is 0. The maximum absolute atomic E-state index is 7.13. The molecule has 0 fully saturated rings. The van der Waals surface area contributed by atoms with Crippen LogP contribution >= 0.6 is 0 Å². The molecule has 360 valence electrons. The lowest BCUT2D eigenvalue weighted by Gasteiger charge is -2.30. The van der Waals surface area contributed by atoms with Crippen molar-refractivity contribution in [1.29, 1.82) is 0 Å². The first kappa shape index (κ1) is 44.3. The second-order valence-electron chi connectivity index (χ2n) is 19.9. The zero-order valence-corrected chi connectivity index (χ0v) is 42.0. The summed E-state index contributed by atoms with van der Waals surface area (Å²) in [5, 5.41) is 13.9. The Hall–Kier alpha value is -10.2. The Morgan fingerprint density at radius 1 is 0.260 bits per heavy atom. The van der Waals surface area contributed by atoms with Crippen molar-refractivity contribution >= 4 is 110 Å². The Balaban J connectivity index is 0.962. The molecular weight excluding hydrogens is 933 g/mol. The molecule has 0 bridgehead atoms. The SMILES string of the molecule is c1ccc(-c2ccc(N(c3ccc(-c4ccccc4)cc3)c3c4ccccc4c(-c4ccc(N(c5ccccc5)c5cc6ccccc6c6c5oc5ccc7ccccc7c56)c5ccccc45)c4ccccc34)cc2)cc1. The zero-order chi connectivity index (χ0) is 50.8. The van der Waals surface area contributed by atoms with Crippen LogP contribution in [-0.2, 0) is 0 Å². The number of benzene rings is 14. The van der Waals surface area contributed by atoms with Gasteiger partial charge in [-0.15, -0.1) is 0 Å². The van der Waals surface area contributed by atoms with Crippen molar-refractivity contribution in [2.24, 2.45) is 0 Å². The highest BCUT2D eigenvalue weighted by Crippen LogP contribution is 2.53. The third-order valence-corrected chi connectivity index (χ3v) is 15.6. The molecule has 77 heavy (non-hydrogen) atoms. The quantitative estimate of drug-likeness (QED) is 0.134. The molecular formula is C74H48N2O. The molecule has 15 aromatic rings. The van der Waals surface area contributed by atoms with Crippen molar-refractivity contribution < 1.29 is 4.42 Å². The molecule has 0 unspecified atom stereocenters. The molecule has 1 heterocycles. The molecule has 0 radical (unpaired) electrons. The predicted octanol–water partition coefficient (Wildman–Crippen LogP) is 21.3. The fourth-order valence-electron chi connectivity index (χ4n) is 12.1. The van der Waals surface area contributed by atoms with Gasteiger partial charge in [0.25, 0.3) is 0 Å². The van der Waals surface area contributed by atoms with Crippen LogP contribution in [0.3, 0.4) is 0 Å². The van der Waals surface area contributed by atoms with Gasteiger partial charge in [-0.2, -0.15) is 0 Å². The Bertz CT molecular complexity index is 4580. The minimum Gasteiger partial charge on any atom is -0.454 e. The van der Waals surface area contributed by atoms with Crippen LogP contribution < -0.4 is 9.80 Å². The van der Waals surface area contributed by atoms with Crippen molar-refractivity contribution in [1.82, 2.24) is 0 Å². The smallest absolute Gasteiger partial charge is 0.160 e. The maximum atomic E-state index is 7.13. The van der Waals surface area contributed by atoms with Crippen molar-refractivity contribution in [3.63, 3.8) is 0 Å². The summed E-state index contributed by atoms with van der Waals surface area (Å²) in [5.41, 5.74) is 15.2. The highest BCUT2D eigenvalue weighted by molar-refractivity contribution is 6.30. The van der Waals surface area contributed by atoms with Crippen molar-refractivity contribution in [3.8, 4) is 33.4 Å². The van der Waals surface area contributed by atoms with Gasteiger partial charge in [0.05, 0.1) is 17.1 Å². The van der Waals surface area contributed by atoms with Crippen LogP contribution in [-0.4, -0.2) is 0 Å². The molecule has 0 atom stereocenters. The van der Waals surface area contributed by atoms with Gasteiger partial charge in [0.1, 0.15) is 5.58 Å². The first-order valence-electron chi connectivity index (χ1n) is 26.4. The standard InChI is InChI=1S/C74H48N2O/c1-4-20-49(21-5-1)51-36-41-56(42-37-51)75(57-43-38-52(39-44-57)50-22-6-2-7-23-50)73-65-34-18-16-32-62(65)70(63-33-17-19-35-66(63)73)64-45-46-67(61-31-15-14-30-60(61)64)76(55-26-8-3-9-27-55)68-48-54-25-11-13-29-59(54)72-71-58-28-12-10-24-53(58)40-47-69(71)77-74(68)72/h1-48H. The molecule has 3 heteroatoms. The molecule has 0 aliphatic heterocycles. The van der Waals surface area contributed by atoms with E-state index in [-0.39, 0.29) is 0 Å². The van der Waals surface area contributed by atoms with Crippen LogP contribution in [0.25, 0.3) is 109 Å². The lowest BCUT2D eigenvalue weighted by Crippen LogP contribution is -2.12. The van der Waals surface area contributed by atoms with Gasteiger partial charge in [-0.3, -0.25) is 0 Å². The number of anilines is 6. The van der Waals surface area contributed by atoms with Gasteiger partial charge in [0, 0.05) is 44.0 Å². The van der Waals surface area contributed by atoms with Crippen LogP contribution in [0.1, 0.15) is 0 Å². The van der Waals surface area contributed by atoms with E-state index in [1.54, 1.807) is 0 Å². The van der Waals surface area contributed by atoms with Gasteiger partial charge < -0.3 is 14.2 Å². The minimum absolute atomic E-state index is 0.855. The summed E-state index contributed by atoms with van der Waals surface area (Å²) < 4.78 is 7.13. The number of furan rings is 1. The Morgan fingerprint density at radius 3 is 1.29 bits per heavy atom. The lowest BCUT2D eigenvalue weighted by atomic mass is 9.87. The van der Waals surface area contributed by atoms with Crippen LogP contribution in [0.2, 0.25) is 0 Å². The molecule has 0 saturated carbocycles. The number of para-hydroxylation sites is 1. The van der Waals surface area contributed by atoms with E-state index in [9.17, 15) is 0 Å². The molecule has 0 amide bonds. The van der Waals surface area contributed by atoms with Gasteiger partial charge in [0.15, 0.2) is 5.58 Å². The Morgan fingerprint density at radius 2 is 0.701 bits per heavy atom. The van der Waals surface area contributed by atoms with E-state index in [1.807, 2.05) is 0 Å². The molecule has 0 spiro atoms. The van der Waals surface area contributed by atoms with Crippen LogP contribution in [0.5, 0.6) is 0 Å². The molecule has 14 aromatic carbocycles. The molecule has 0 N–H and O–H groups in total. The molecule has 0 aliphatic rings. The van der Waals surface area contributed by atoms with Crippen molar-refractivity contribution in [3.05, 3.63) is 291 Å². The number of hydrogen-bond donors (Lipinski definition) is 0. The van der Waals surface area contributed by atoms with Gasteiger partial charge in [-0.05, 0) is 126 Å². The summed E-state index contributed by atoms with van der Waals surface area (Å²) in [6.07, 6.45) is 0. The Labute approximate surface area is 446 Å². The highest BCUT2D eigenvalue weighted by atomic mass is 16.3. The van der Waals surface area contributed by atoms with E-state index in [0.717, 1.165) is 83.0 Å². The number of fused-ring (bicyclic) bond motifs is 10. The monoisotopic (exact) mass is 980 g/mol. The van der Waals surface area contributed by atoms with Crippen LogP contribution in [0.15, 0.2) is 296 Å². The van der Waals surface area contributed by atoms with Gasteiger partial charge >= 0.3 is 0 Å². The lowest BCUT2D eigenvalue weighted by molar-refractivity contribution is 0.669. The van der Waals surface area contributed by atoms with Crippen molar-refractivity contribution in [2.45, 2.75) is 0 Å². The predicted molar refractivity (Wildman–Crippen MR) is 327 cm³/mol.